The molecule has 3 aromatic rings. The van der Waals surface area contributed by atoms with Gasteiger partial charge in [0.25, 0.3) is 0 Å². The molecule has 1 aliphatic rings. The lowest BCUT2D eigenvalue weighted by Crippen LogP contribution is -2.40. The van der Waals surface area contributed by atoms with E-state index >= 15 is 0 Å². The molecule has 206 valence electrons. The summed E-state index contributed by atoms with van der Waals surface area (Å²) < 4.78 is 38.8. The summed E-state index contributed by atoms with van der Waals surface area (Å²) in [6.07, 6.45) is 0.560. The van der Waals surface area contributed by atoms with Crippen LogP contribution < -0.4 is 9.50 Å². The molecule has 8 nitrogen and oxygen atoms in total. The van der Waals surface area contributed by atoms with E-state index in [-0.39, 0.29) is 24.7 Å². The molecule has 9 heteroatoms. The number of carbonyl (C=O) groups is 2. The quantitative estimate of drug-likeness (QED) is 0.287. The fraction of sp³-hybridized carbons (Fsp3) is 0.333. The largest absolute Gasteiger partial charge is 0.460 e. The van der Waals surface area contributed by atoms with Crippen LogP contribution in [0.3, 0.4) is 0 Å². The Hall–Kier alpha value is -3.85. The summed E-state index contributed by atoms with van der Waals surface area (Å²) in [5.41, 5.74) is 4.57. The van der Waals surface area contributed by atoms with Gasteiger partial charge in [-0.15, -0.1) is 0 Å². The van der Waals surface area contributed by atoms with Crippen molar-refractivity contribution >= 4 is 22.2 Å². The molecule has 3 aromatic carbocycles. The van der Waals surface area contributed by atoms with Gasteiger partial charge in [-0.05, 0) is 67.1 Å². The molecule has 1 unspecified atom stereocenters. The number of rotatable bonds is 9. The Bertz CT molecular complexity index is 1400. The molecule has 0 aliphatic heterocycles. The van der Waals surface area contributed by atoms with Crippen molar-refractivity contribution in [3.8, 4) is 16.9 Å². The zero-order valence-corrected chi connectivity index (χ0v) is 23.3. The lowest BCUT2D eigenvalue weighted by atomic mass is 9.98. The van der Waals surface area contributed by atoms with E-state index in [4.69, 9.17) is 13.7 Å². The summed E-state index contributed by atoms with van der Waals surface area (Å²) in [5.74, 6) is -0.368. The monoisotopic (exact) mass is 551 g/mol. The van der Waals surface area contributed by atoms with Crippen molar-refractivity contribution in [1.82, 2.24) is 5.32 Å². The third-order valence-electron chi connectivity index (χ3n) is 6.15. The highest BCUT2D eigenvalue weighted by molar-refractivity contribution is 7.86. The van der Waals surface area contributed by atoms with Crippen LogP contribution in [-0.4, -0.2) is 45.0 Å². The van der Waals surface area contributed by atoms with Crippen molar-refractivity contribution in [2.24, 2.45) is 0 Å². The number of amides is 1. The molecule has 4 rings (SSSR count). The third-order valence-corrected chi connectivity index (χ3v) is 6.65. The zero-order chi connectivity index (χ0) is 28.2. The number of esters is 1. The minimum atomic E-state index is -3.65. The van der Waals surface area contributed by atoms with Crippen LogP contribution in [0.5, 0.6) is 5.75 Å². The van der Waals surface area contributed by atoms with Gasteiger partial charge in [0.05, 0.1) is 12.7 Å². The lowest BCUT2D eigenvalue weighted by molar-refractivity contribution is -0.155. The maximum Gasteiger partial charge on any atom is 0.407 e. The van der Waals surface area contributed by atoms with Gasteiger partial charge in [-0.3, -0.25) is 4.79 Å². The van der Waals surface area contributed by atoms with Crippen LogP contribution in [0.2, 0.25) is 0 Å². The van der Waals surface area contributed by atoms with Crippen LogP contribution >= 0.6 is 0 Å². The van der Waals surface area contributed by atoms with E-state index in [0.29, 0.717) is 6.42 Å². The van der Waals surface area contributed by atoms with E-state index in [0.717, 1.165) is 34.1 Å². The Morgan fingerprint density at radius 2 is 1.46 bits per heavy atom. The number of carbonyl (C=O) groups excluding carboxylic acids is 2. The van der Waals surface area contributed by atoms with Gasteiger partial charge < -0.3 is 19.0 Å². The topological polar surface area (TPSA) is 108 Å². The van der Waals surface area contributed by atoms with Gasteiger partial charge in [-0.25, -0.2) is 4.79 Å². The number of alkyl carbamates (subject to hydrolysis) is 1. The summed E-state index contributed by atoms with van der Waals surface area (Å²) in [7, 11) is -3.65. The molecule has 0 heterocycles. The average Bonchev–Trinajstić information content (AvgIpc) is 3.15. The van der Waals surface area contributed by atoms with Crippen molar-refractivity contribution in [3.05, 3.63) is 89.5 Å². The molecule has 1 N–H and O–H groups in total. The second-order valence-electron chi connectivity index (χ2n) is 10.6. The first kappa shape index (κ1) is 28.2. The highest BCUT2D eigenvalue weighted by Crippen LogP contribution is 2.44. The van der Waals surface area contributed by atoms with Crippen molar-refractivity contribution in [1.29, 1.82) is 0 Å². The zero-order valence-electron chi connectivity index (χ0n) is 22.5. The SMILES string of the molecule is CC(C)(C)OC(=O)CC(Cc1ccc(OS(C)(=O)=O)cc1)NC(=O)OCC1c2ccccc2-c2ccccc21. The smallest absolute Gasteiger partial charge is 0.407 e. The van der Waals surface area contributed by atoms with Gasteiger partial charge in [0, 0.05) is 12.0 Å². The van der Waals surface area contributed by atoms with Crippen molar-refractivity contribution in [2.45, 2.75) is 51.2 Å². The second kappa shape index (κ2) is 11.5. The van der Waals surface area contributed by atoms with Gasteiger partial charge in [-0.2, -0.15) is 8.42 Å². The Balaban J connectivity index is 1.44. The van der Waals surface area contributed by atoms with E-state index in [9.17, 15) is 18.0 Å². The maximum absolute atomic E-state index is 12.9. The van der Waals surface area contributed by atoms with Crippen LogP contribution in [0.15, 0.2) is 72.8 Å². The van der Waals surface area contributed by atoms with Crippen molar-refractivity contribution in [2.75, 3.05) is 12.9 Å². The number of benzene rings is 3. The molecule has 0 saturated carbocycles. The fourth-order valence-electron chi connectivity index (χ4n) is 4.71. The summed E-state index contributed by atoms with van der Waals surface area (Å²) in [4.78, 5) is 25.5. The maximum atomic E-state index is 12.9. The highest BCUT2D eigenvalue weighted by Gasteiger charge is 2.29. The average molecular weight is 552 g/mol. The molecular weight excluding hydrogens is 518 g/mol. The summed E-state index contributed by atoms with van der Waals surface area (Å²) >= 11 is 0. The number of hydrogen-bond donors (Lipinski definition) is 1. The standard InChI is InChI=1S/C30H33NO7S/c1-30(2,3)37-28(32)18-21(17-20-13-15-22(16-14-20)38-39(4,34)35)31-29(33)36-19-27-25-11-7-5-9-23(25)24-10-6-8-12-26(24)27/h5-16,21,27H,17-19H2,1-4H3,(H,31,33). The van der Waals surface area contributed by atoms with Gasteiger partial charge in [0.15, 0.2) is 0 Å². The van der Waals surface area contributed by atoms with Gasteiger partial charge in [0.1, 0.15) is 18.0 Å². The Kier molecular flexibility index (Phi) is 8.30. The van der Waals surface area contributed by atoms with Crippen LogP contribution in [0.4, 0.5) is 4.79 Å². The first-order valence-corrected chi connectivity index (χ1v) is 14.5. The molecule has 0 fully saturated rings. The number of fused-ring (bicyclic) bond motifs is 3. The van der Waals surface area contributed by atoms with E-state index in [2.05, 4.69) is 17.4 Å². The molecule has 1 atom stereocenters. The molecule has 0 saturated heterocycles. The summed E-state index contributed by atoms with van der Waals surface area (Å²) in [6.45, 7) is 5.48. The van der Waals surface area contributed by atoms with Crippen molar-refractivity contribution in [3.63, 3.8) is 0 Å². The van der Waals surface area contributed by atoms with Crippen LogP contribution in [0, 0.1) is 0 Å². The molecule has 0 bridgehead atoms. The Morgan fingerprint density at radius 1 is 0.897 bits per heavy atom. The van der Waals surface area contributed by atoms with E-state index in [1.807, 2.05) is 36.4 Å². The Morgan fingerprint density at radius 3 is 2.00 bits per heavy atom. The predicted octanol–water partition coefficient (Wildman–Crippen LogP) is 5.21. The first-order chi connectivity index (χ1) is 18.4. The minimum Gasteiger partial charge on any atom is -0.460 e. The first-order valence-electron chi connectivity index (χ1n) is 12.7. The van der Waals surface area contributed by atoms with Gasteiger partial charge in [0.2, 0.25) is 0 Å². The predicted molar refractivity (Wildman–Crippen MR) is 148 cm³/mol. The number of ether oxygens (including phenoxy) is 2. The lowest BCUT2D eigenvalue weighted by Gasteiger charge is -2.23. The van der Waals surface area contributed by atoms with Crippen LogP contribution in [0.1, 0.15) is 49.8 Å². The molecule has 39 heavy (non-hydrogen) atoms. The summed E-state index contributed by atoms with van der Waals surface area (Å²) in [5, 5.41) is 2.82. The van der Waals surface area contributed by atoms with Gasteiger partial charge in [-0.1, -0.05) is 60.7 Å². The number of hydrogen-bond acceptors (Lipinski definition) is 7. The van der Waals surface area contributed by atoms with Gasteiger partial charge >= 0.3 is 22.2 Å². The highest BCUT2D eigenvalue weighted by atomic mass is 32.2. The molecule has 0 radical (unpaired) electrons. The fourth-order valence-corrected chi connectivity index (χ4v) is 5.17. The van der Waals surface area contributed by atoms with E-state index < -0.39 is 33.8 Å². The minimum absolute atomic E-state index is 0.0664. The van der Waals surface area contributed by atoms with Crippen LogP contribution in [0.25, 0.3) is 11.1 Å². The molecule has 0 spiro atoms. The molecular formula is C30H33NO7S. The van der Waals surface area contributed by atoms with Crippen LogP contribution in [-0.2, 0) is 30.8 Å². The summed E-state index contributed by atoms with van der Waals surface area (Å²) in [6, 6.07) is 22.0. The third kappa shape index (κ3) is 7.83. The molecule has 1 aliphatic carbocycles. The van der Waals surface area contributed by atoms with Crippen molar-refractivity contribution < 1.29 is 31.7 Å². The van der Waals surface area contributed by atoms with E-state index in [1.165, 1.54) is 12.1 Å². The van der Waals surface area contributed by atoms with E-state index in [1.54, 1.807) is 32.9 Å². The molecule has 0 aromatic heterocycles. The number of nitrogens with one attached hydrogen (secondary N) is 1. The Labute approximate surface area is 229 Å². The molecule has 1 amide bonds. The second-order valence-corrected chi connectivity index (χ2v) is 12.2. The normalized spacial score (nSPS) is 13.6.